The maximum Gasteiger partial charge on any atom is 0.0355 e. The van der Waals surface area contributed by atoms with Crippen molar-refractivity contribution in [1.29, 1.82) is 0 Å². The van der Waals surface area contributed by atoms with E-state index in [-0.39, 0.29) is 5.41 Å². The van der Waals surface area contributed by atoms with Gasteiger partial charge in [-0.2, -0.15) is 0 Å². The fourth-order valence-corrected chi connectivity index (χ4v) is 10.4. The lowest BCUT2D eigenvalue weighted by Crippen LogP contribution is -2.16. The van der Waals surface area contributed by atoms with Gasteiger partial charge < -0.3 is 0 Å². The topological polar surface area (TPSA) is 0 Å². The Morgan fingerprint density at radius 1 is 0.365 bits per heavy atom. The monoisotopic (exact) mass is 678 g/mol. The van der Waals surface area contributed by atoms with Crippen molar-refractivity contribution in [1.82, 2.24) is 0 Å². The molecule has 0 saturated carbocycles. The lowest BCUT2D eigenvalue weighted by Gasteiger charge is -2.25. The van der Waals surface area contributed by atoms with Crippen LogP contribution in [0.5, 0.6) is 0 Å². The van der Waals surface area contributed by atoms with Crippen LogP contribution in [0.1, 0.15) is 25.0 Å². The van der Waals surface area contributed by atoms with Crippen LogP contribution in [0.3, 0.4) is 0 Å². The average Bonchev–Trinajstić information content (AvgIpc) is 3.68. The zero-order valence-corrected chi connectivity index (χ0v) is 29.9. The quantitative estimate of drug-likeness (QED) is 0.163. The summed E-state index contributed by atoms with van der Waals surface area (Å²) < 4.78 is 2.67. The van der Waals surface area contributed by atoms with Crippen LogP contribution >= 0.6 is 11.3 Å². The molecule has 244 valence electrons. The molecule has 1 aliphatic rings. The normalized spacial score (nSPS) is 13.3. The standard InChI is InChI=1S/C51H34S/c1-51(2)44-28-26-31-12-3-4-13-35(31)49(44)42-20-11-19-36(50(42)51)32-22-24-33(25-23-32)47-38-15-5-7-17-40(38)48(41-18-8-6-16-39(41)47)34-27-29-46-43(30-34)37-14-9-10-21-45(37)52-46/h3-30H,1-2H3. The van der Waals surface area contributed by atoms with Gasteiger partial charge in [-0.3, -0.25) is 0 Å². The molecule has 11 rings (SSSR count). The highest BCUT2D eigenvalue weighted by Crippen LogP contribution is 2.54. The van der Waals surface area contributed by atoms with Gasteiger partial charge >= 0.3 is 0 Å². The van der Waals surface area contributed by atoms with Crippen LogP contribution in [0.4, 0.5) is 0 Å². The van der Waals surface area contributed by atoms with Crippen molar-refractivity contribution in [2.75, 3.05) is 0 Å². The zero-order chi connectivity index (χ0) is 34.6. The van der Waals surface area contributed by atoms with E-state index >= 15 is 0 Å². The Kier molecular flexibility index (Phi) is 6.27. The van der Waals surface area contributed by atoms with Crippen LogP contribution < -0.4 is 0 Å². The van der Waals surface area contributed by atoms with Gasteiger partial charge in [0.05, 0.1) is 0 Å². The van der Waals surface area contributed by atoms with Crippen LogP contribution in [0.15, 0.2) is 170 Å². The van der Waals surface area contributed by atoms with Gasteiger partial charge in [-0.15, -0.1) is 11.3 Å². The van der Waals surface area contributed by atoms with E-state index in [9.17, 15) is 0 Å². The summed E-state index contributed by atoms with van der Waals surface area (Å²) in [6.45, 7) is 4.78. The lowest BCUT2D eigenvalue weighted by molar-refractivity contribution is 0.662. The Bertz CT molecular complexity index is 3030. The molecule has 0 unspecified atom stereocenters. The molecule has 0 fully saturated rings. The molecule has 1 heteroatoms. The molecular formula is C51H34S. The van der Waals surface area contributed by atoms with Crippen LogP contribution in [0.25, 0.3) is 97.0 Å². The highest BCUT2D eigenvalue weighted by molar-refractivity contribution is 7.25. The van der Waals surface area contributed by atoms with Crippen LogP contribution in [0, 0.1) is 0 Å². The van der Waals surface area contributed by atoms with Gasteiger partial charge in [-0.05, 0) is 106 Å². The molecule has 0 aliphatic heterocycles. The molecule has 10 aromatic rings. The van der Waals surface area contributed by atoms with Crippen molar-refractivity contribution in [3.8, 4) is 44.5 Å². The van der Waals surface area contributed by atoms with Crippen molar-refractivity contribution in [3.63, 3.8) is 0 Å². The summed E-state index contributed by atoms with van der Waals surface area (Å²) in [6.07, 6.45) is 0. The zero-order valence-electron chi connectivity index (χ0n) is 29.1. The van der Waals surface area contributed by atoms with E-state index in [4.69, 9.17) is 0 Å². The number of hydrogen-bond donors (Lipinski definition) is 0. The fourth-order valence-electron chi connectivity index (χ4n) is 9.34. The van der Waals surface area contributed by atoms with Crippen LogP contribution in [-0.2, 0) is 5.41 Å². The number of rotatable bonds is 3. The number of benzene rings is 9. The minimum absolute atomic E-state index is 0.107. The lowest BCUT2D eigenvalue weighted by atomic mass is 9.78. The van der Waals surface area contributed by atoms with Gasteiger partial charge in [-0.1, -0.05) is 166 Å². The number of thiophene rings is 1. The largest absolute Gasteiger partial charge is 0.135 e. The molecule has 0 N–H and O–H groups in total. The summed E-state index contributed by atoms with van der Waals surface area (Å²) in [5, 5.41) is 10.4. The summed E-state index contributed by atoms with van der Waals surface area (Å²) in [7, 11) is 0. The summed E-state index contributed by atoms with van der Waals surface area (Å²) in [5.41, 5.74) is 13.1. The third-order valence-electron chi connectivity index (χ3n) is 11.6. The van der Waals surface area contributed by atoms with Crippen molar-refractivity contribution in [2.45, 2.75) is 19.3 Å². The molecule has 0 atom stereocenters. The maximum absolute atomic E-state index is 2.41. The maximum atomic E-state index is 2.41. The van der Waals surface area contributed by atoms with E-state index in [1.807, 2.05) is 11.3 Å². The van der Waals surface area contributed by atoms with E-state index in [2.05, 4.69) is 184 Å². The molecule has 0 amide bonds. The molecule has 1 aliphatic carbocycles. The Hall–Kier alpha value is -6.02. The Balaban J connectivity index is 1.09. The van der Waals surface area contributed by atoms with E-state index in [0.717, 1.165) is 0 Å². The third-order valence-corrected chi connectivity index (χ3v) is 12.8. The summed E-state index contributed by atoms with van der Waals surface area (Å²) in [4.78, 5) is 0. The van der Waals surface area contributed by atoms with Gasteiger partial charge in [0, 0.05) is 25.6 Å². The van der Waals surface area contributed by atoms with Crippen LogP contribution in [0.2, 0.25) is 0 Å². The van der Waals surface area contributed by atoms with Gasteiger partial charge in [0.15, 0.2) is 0 Å². The van der Waals surface area contributed by atoms with Gasteiger partial charge in [0.2, 0.25) is 0 Å². The minimum atomic E-state index is -0.107. The summed E-state index contributed by atoms with van der Waals surface area (Å²) in [5.74, 6) is 0. The van der Waals surface area contributed by atoms with Gasteiger partial charge in [0.1, 0.15) is 0 Å². The molecule has 0 bridgehead atoms. The van der Waals surface area contributed by atoms with E-state index < -0.39 is 0 Å². The molecule has 9 aromatic carbocycles. The Labute approximate surface area is 307 Å². The second-order valence-corrected chi connectivity index (χ2v) is 15.9. The fraction of sp³-hybridized carbons (Fsp3) is 0.0588. The molecule has 1 heterocycles. The second kappa shape index (κ2) is 11.0. The average molecular weight is 679 g/mol. The van der Waals surface area contributed by atoms with Gasteiger partial charge in [-0.25, -0.2) is 0 Å². The van der Waals surface area contributed by atoms with Gasteiger partial charge in [0.25, 0.3) is 0 Å². The SMILES string of the molecule is CC1(C)c2ccc3ccccc3c2-c2cccc(-c3ccc(-c4c5ccccc5c(-c5ccc6sc7ccccc7c6c5)c5ccccc45)cc3)c21. The number of hydrogen-bond acceptors (Lipinski definition) is 1. The van der Waals surface area contributed by atoms with Crippen molar-refractivity contribution in [3.05, 3.63) is 181 Å². The first kappa shape index (κ1) is 29.7. The van der Waals surface area contributed by atoms with Crippen molar-refractivity contribution in [2.24, 2.45) is 0 Å². The van der Waals surface area contributed by atoms with Crippen LogP contribution in [-0.4, -0.2) is 0 Å². The smallest absolute Gasteiger partial charge is 0.0355 e. The molecule has 0 nitrogen and oxygen atoms in total. The first-order valence-corrected chi connectivity index (χ1v) is 19.0. The minimum Gasteiger partial charge on any atom is -0.135 e. The summed E-state index contributed by atoms with van der Waals surface area (Å²) in [6, 6.07) is 63.5. The molecule has 52 heavy (non-hydrogen) atoms. The highest BCUT2D eigenvalue weighted by atomic mass is 32.1. The first-order chi connectivity index (χ1) is 25.6. The second-order valence-electron chi connectivity index (χ2n) is 14.8. The molecule has 0 spiro atoms. The Morgan fingerprint density at radius 3 is 1.62 bits per heavy atom. The molecular weight excluding hydrogens is 645 g/mol. The Morgan fingerprint density at radius 2 is 0.904 bits per heavy atom. The number of fused-ring (bicyclic) bond motifs is 10. The van der Waals surface area contributed by atoms with E-state index in [1.54, 1.807) is 0 Å². The highest BCUT2D eigenvalue weighted by Gasteiger charge is 2.38. The van der Waals surface area contributed by atoms with Crippen molar-refractivity contribution < 1.29 is 0 Å². The third kappa shape index (κ3) is 4.15. The predicted octanol–water partition coefficient (Wildman–Crippen LogP) is 14.8. The van der Waals surface area contributed by atoms with E-state index in [0.29, 0.717) is 0 Å². The van der Waals surface area contributed by atoms with E-state index in [1.165, 1.54) is 108 Å². The predicted molar refractivity (Wildman–Crippen MR) is 226 cm³/mol. The molecule has 0 radical (unpaired) electrons. The van der Waals surface area contributed by atoms with Crippen molar-refractivity contribution >= 4 is 63.8 Å². The molecule has 1 aromatic heterocycles. The summed E-state index contributed by atoms with van der Waals surface area (Å²) >= 11 is 1.88. The molecule has 0 saturated heterocycles. The first-order valence-electron chi connectivity index (χ1n) is 18.2.